The minimum Gasteiger partial charge on any atom is -0.545 e. The summed E-state index contributed by atoms with van der Waals surface area (Å²) in [6, 6.07) is 10.0. The van der Waals surface area contributed by atoms with E-state index in [4.69, 9.17) is 0 Å². The van der Waals surface area contributed by atoms with Crippen LogP contribution in [0.4, 0.5) is 0 Å². The zero-order chi connectivity index (χ0) is 15.1. The van der Waals surface area contributed by atoms with E-state index in [1.165, 1.54) is 18.6 Å². The summed E-state index contributed by atoms with van der Waals surface area (Å²) in [4.78, 5) is 9.75. The second kappa shape index (κ2) is 13.7. The lowest BCUT2D eigenvalue weighted by molar-refractivity contribution is -0.299. The Bertz CT molecular complexity index is 408. The SMILES string of the molecule is C/C=C(\C)C(=O)[O-].C=CC=C.C=Cc1ccccc1. The summed E-state index contributed by atoms with van der Waals surface area (Å²) in [6.07, 6.45) is 6.61. The average Bonchev–Trinajstić information content (AvgIpc) is 2.48. The Balaban J connectivity index is 0. The lowest BCUT2D eigenvalue weighted by atomic mass is 10.2. The molecule has 19 heavy (non-hydrogen) atoms. The van der Waals surface area contributed by atoms with Crippen molar-refractivity contribution in [1.29, 1.82) is 0 Å². The van der Waals surface area contributed by atoms with E-state index in [2.05, 4.69) is 19.7 Å². The number of aliphatic carboxylic acids is 1. The van der Waals surface area contributed by atoms with Crippen molar-refractivity contribution < 1.29 is 9.90 Å². The van der Waals surface area contributed by atoms with E-state index < -0.39 is 5.97 Å². The maximum Gasteiger partial charge on any atom is 0.0668 e. The highest BCUT2D eigenvalue weighted by molar-refractivity contribution is 5.83. The topological polar surface area (TPSA) is 40.1 Å². The lowest BCUT2D eigenvalue weighted by Crippen LogP contribution is -2.22. The molecule has 0 atom stereocenters. The molecule has 0 amide bonds. The van der Waals surface area contributed by atoms with Gasteiger partial charge in [0.1, 0.15) is 0 Å². The number of allylic oxidation sites excluding steroid dienone is 3. The summed E-state index contributed by atoms with van der Waals surface area (Å²) in [7, 11) is 0. The highest BCUT2D eigenvalue weighted by Crippen LogP contribution is 1.97. The summed E-state index contributed by atoms with van der Waals surface area (Å²) < 4.78 is 0. The van der Waals surface area contributed by atoms with Crippen molar-refractivity contribution in [2.75, 3.05) is 0 Å². The van der Waals surface area contributed by atoms with Gasteiger partial charge in [0.2, 0.25) is 0 Å². The molecule has 0 N–H and O–H groups in total. The van der Waals surface area contributed by atoms with Gasteiger partial charge in [-0.25, -0.2) is 0 Å². The Labute approximate surface area is 116 Å². The Morgan fingerprint density at radius 2 is 1.58 bits per heavy atom. The van der Waals surface area contributed by atoms with Gasteiger partial charge in [0.25, 0.3) is 0 Å². The van der Waals surface area contributed by atoms with Crippen molar-refractivity contribution in [2.45, 2.75) is 13.8 Å². The van der Waals surface area contributed by atoms with Gasteiger partial charge in [0.15, 0.2) is 0 Å². The normalized spacial score (nSPS) is 8.84. The van der Waals surface area contributed by atoms with Gasteiger partial charge in [-0.1, -0.05) is 74.4 Å². The van der Waals surface area contributed by atoms with Crippen LogP contribution < -0.4 is 5.11 Å². The van der Waals surface area contributed by atoms with Gasteiger partial charge in [0, 0.05) is 0 Å². The molecule has 0 aliphatic rings. The largest absolute Gasteiger partial charge is 0.545 e. The minimum absolute atomic E-state index is 0.278. The molecule has 1 aromatic rings. The number of hydrogen-bond donors (Lipinski definition) is 0. The number of carboxylic acids is 1. The zero-order valence-corrected chi connectivity index (χ0v) is 11.6. The molecule has 0 radical (unpaired) electrons. The Morgan fingerprint density at radius 3 is 1.74 bits per heavy atom. The molecule has 0 aliphatic carbocycles. The van der Waals surface area contributed by atoms with Gasteiger partial charge < -0.3 is 9.90 Å². The van der Waals surface area contributed by atoms with Crippen LogP contribution in [-0.4, -0.2) is 5.97 Å². The summed E-state index contributed by atoms with van der Waals surface area (Å²) >= 11 is 0. The molecule has 1 rings (SSSR count). The quantitative estimate of drug-likeness (QED) is 0.615. The number of carbonyl (C=O) groups is 1. The molecule has 0 saturated heterocycles. The van der Waals surface area contributed by atoms with Crippen LogP contribution in [0.15, 0.2) is 73.9 Å². The summed E-state index contributed by atoms with van der Waals surface area (Å²) in [5.41, 5.74) is 1.45. The van der Waals surface area contributed by atoms with Crippen molar-refractivity contribution >= 4 is 12.0 Å². The maximum absolute atomic E-state index is 9.75. The van der Waals surface area contributed by atoms with Crippen LogP contribution in [-0.2, 0) is 4.79 Å². The molecule has 0 bridgehead atoms. The first-order chi connectivity index (χ1) is 9.03. The van der Waals surface area contributed by atoms with Gasteiger partial charge in [0.05, 0.1) is 5.97 Å². The van der Waals surface area contributed by atoms with E-state index in [1.807, 2.05) is 36.4 Å². The van der Waals surface area contributed by atoms with Gasteiger partial charge in [-0.15, -0.1) is 0 Å². The van der Waals surface area contributed by atoms with Crippen LogP contribution in [0.2, 0.25) is 0 Å². The second-order valence-electron chi connectivity index (χ2n) is 3.35. The molecule has 0 saturated carbocycles. The van der Waals surface area contributed by atoms with Crippen LogP contribution in [0, 0.1) is 0 Å². The summed E-state index contributed by atoms with van der Waals surface area (Å²) in [5.74, 6) is -1.09. The molecule has 1 aromatic carbocycles. The third-order valence-corrected chi connectivity index (χ3v) is 1.96. The minimum atomic E-state index is -1.09. The summed E-state index contributed by atoms with van der Waals surface area (Å²) in [5, 5.41) is 9.75. The van der Waals surface area contributed by atoms with E-state index in [1.54, 1.807) is 19.1 Å². The molecule has 0 aromatic heterocycles. The van der Waals surface area contributed by atoms with E-state index in [9.17, 15) is 9.90 Å². The van der Waals surface area contributed by atoms with E-state index in [0.717, 1.165) is 0 Å². The molecule has 0 fully saturated rings. The predicted molar refractivity (Wildman–Crippen MR) is 81.4 cm³/mol. The van der Waals surface area contributed by atoms with Gasteiger partial charge in [-0.3, -0.25) is 0 Å². The number of rotatable bonds is 3. The number of benzene rings is 1. The molecular formula is C17H21O2-. The standard InChI is InChI=1S/C8H8.C5H8O2.C4H6/c1-2-8-6-4-3-5-7-8;1-3-4(2)5(6)7;1-3-4-2/h2-7H,1H2;3H,1-2H3,(H,6,7);3-4H,1-2H2/p-1/b;4-3+;. The number of carbonyl (C=O) groups excluding carboxylic acids is 1. The van der Waals surface area contributed by atoms with Crippen LogP contribution in [0.3, 0.4) is 0 Å². The third-order valence-electron chi connectivity index (χ3n) is 1.96. The highest BCUT2D eigenvalue weighted by atomic mass is 16.4. The first-order valence-electron chi connectivity index (χ1n) is 5.78. The molecule has 2 heteroatoms. The Kier molecular flexibility index (Phi) is 13.7. The third kappa shape index (κ3) is 13.6. The number of carboxylic acid groups (broad SMARTS) is 1. The van der Waals surface area contributed by atoms with Crippen molar-refractivity contribution in [2.24, 2.45) is 0 Å². The van der Waals surface area contributed by atoms with Crippen LogP contribution >= 0.6 is 0 Å². The smallest absolute Gasteiger partial charge is 0.0668 e. The fourth-order valence-electron chi connectivity index (χ4n) is 0.707. The fourth-order valence-corrected chi connectivity index (χ4v) is 0.707. The van der Waals surface area contributed by atoms with Crippen LogP contribution in [0.1, 0.15) is 19.4 Å². The fraction of sp³-hybridized carbons (Fsp3) is 0.118. The zero-order valence-electron chi connectivity index (χ0n) is 11.6. The van der Waals surface area contributed by atoms with Crippen LogP contribution in [0.25, 0.3) is 6.08 Å². The van der Waals surface area contributed by atoms with Crippen molar-refractivity contribution in [3.63, 3.8) is 0 Å². The first kappa shape index (κ1) is 19.0. The monoisotopic (exact) mass is 257 g/mol. The molecule has 0 unspecified atom stereocenters. The number of hydrogen-bond acceptors (Lipinski definition) is 2. The predicted octanol–water partition coefficient (Wildman–Crippen LogP) is 3.39. The average molecular weight is 257 g/mol. The van der Waals surface area contributed by atoms with Crippen molar-refractivity contribution in [1.82, 2.24) is 0 Å². The molecule has 0 aliphatic heterocycles. The van der Waals surface area contributed by atoms with Crippen molar-refractivity contribution in [3.05, 3.63) is 79.4 Å². The molecule has 2 nitrogen and oxygen atoms in total. The second-order valence-corrected chi connectivity index (χ2v) is 3.35. The lowest BCUT2D eigenvalue weighted by Gasteiger charge is -1.96. The van der Waals surface area contributed by atoms with Gasteiger partial charge in [-0.05, 0) is 25.0 Å². The highest BCUT2D eigenvalue weighted by Gasteiger charge is 1.80. The van der Waals surface area contributed by atoms with E-state index >= 15 is 0 Å². The Hall–Kier alpha value is -2.35. The molecular weight excluding hydrogens is 236 g/mol. The van der Waals surface area contributed by atoms with Crippen molar-refractivity contribution in [3.8, 4) is 0 Å². The molecule has 0 heterocycles. The van der Waals surface area contributed by atoms with Gasteiger partial charge >= 0.3 is 0 Å². The summed E-state index contributed by atoms with van der Waals surface area (Å²) in [6.45, 7) is 13.5. The van der Waals surface area contributed by atoms with E-state index in [-0.39, 0.29) is 5.57 Å². The van der Waals surface area contributed by atoms with Crippen LogP contribution in [0.5, 0.6) is 0 Å². The first-order valence-corrected chi connectivity index (χ1v) is 5.78. The maximum atomic E-state index is 9.75. The van der Waals surface area contributed by atoms with Gasteiger partial charge in [-0.2, -0.15) is 0 Å². The molecule has 0 spiro atoms. The van der Waals surface area contributed by atoms with E-state index in [0.29, 0.717) is 0 Å². The Morgan fingerprint density at radius 1 is 1.11 bits per heavy atom. The molecule has 102 valence electrons.